The van der Waals surface area contributed by atoms with Crippen LogP contribution in [-0.4, -0.2) is 5.11 Å². The van der Waals surface area contributed by atoms with Gasteiger partial charge in [-0.05, 0) is 37.6 Å². The van der Waals surface area contributed by atoms with Crippen molar-refractivity contribution in [2.24, 2.45) is 0 Å². The van der Waals surface area contributed by atoms with Gasteiger partial charge in [-0.25, -0.2) is 8.78 Å². The van der Waals surface area contributed by atoms with Gasteiger partial charge in [0.1, 0.15) is 17.4 Å². The van der Waals surface area contributed by atoms with Crippen LogP contribution in [-0.2, 0) is 0 Å². The SMILES string of the molecule is CCC(NC(C)c1cc(F)ccc1F)c1ccccc1O. The molecule has 0 saturated heterocycles. The minimum atomic E-state index is -0.462. The average molecular weight is 291 g/mol. The maximum absolute atomic E-state index is 13.8. The maximum Gasteiger partial charge on any atom is 0.128 e. The second-order valence-electron chi connectivity index (χ2n) is 5.07. The van der Waals surface area contributed by atoms with E-state index in [9.17, 15) is 13.9 Å². The first-order valence-corrected chi connectivity index (χ1v) is 7.01. The van der Waals surface area contributed by atoms with Crippen molar-refractivity contribution in [3.63, 3.8) is 0 Å². The lowest BCUT2D eigenvalue weighted by molar-refractivity contribution is 0.412. The first-order chi connectivity index (χ1) is 10.0. The molecule has 0 aromatic heterocycles. The van der Waals surface area contributed by atoms with Crippen molar-refractivity contribution in [3.8, 4) is 5.75 Å². The molecule has 2 aromatic rings. The standard InChI is InChI=1S/C17H19F2NO/c1-3-16(13-6-4-5-7-17(13)21)20-11(2)14-10-12(18)8-9-15(14)19/h4-11,16,20-21H,3H2,1-2H3. The molecule has 0 aliphatic carbocycles. The molecule has 2 rings (SSSR count). The van der Waals surface area contributed by atoms with Crippen LogP contribution in [0, 0.1) is 11.6 Å². The molecule has 2 nitrogen and oxygen atoms in total. The Hall–Kier alpha value is -1.94. The third kappa shape index (κ3) is 3.58. The van der Waals surface area contributed by atoms with Crippen molar-refractivity contribution in [1.29, 1.82) is 0 Å². The highest BCUT2D eigenvalue weighted by Gasteiger charge is 2.18. The van der Waals surface area contributed by atoms with Crippen LogP contribution in [0.3, 0.4) is 0 Å². The summed E-state index contributed by atoms with van der Waals surface area (Å²) in [5.41, 5.74) is 1.03. The van der Waals surface area contributed by atoms with E-state index in [-0.39, 0.29) is 23.4 Å². The molecule has 2 aromatic carbocycles. The summed E-state index contributed by atoms with van der Waals surface area (Å²) in [6.07, 6.45) is 0.721. The van der Waals surface area contributed by atoms with E-state index in [1.165, 1.54) is 6.07 Å². The fourth-order valence-electron chi connectivity index (χ4n) is 2.45. The van der Waals surface area contributed by atoms with Gasteiger partial charge in [-0.1, -0.05) is 25.1 Å². The summed E-state index contributed by atoms with van der Waals surface area (Å²) in [4.78, 5) is 0. The second-order valence-corrected chi connectivity index (χ2v) is 5.07. The summed E-state index contributed by atoms with van der Waals surface area (Å²) in [5, 5.41) is 13.2. The zero-order chi connectivity index (χ0) is 15.4. The molecule has 0 aliphatic rings. The second kappa shape index (κ2) is 6.68. The zero-order valence-electron chi connectivity index (χ0n) is 12.1. The molecule has 0 bridgehead atoms. The van der Waals surface area contributed by atoms with Crippen LogP contribution in [0.5, 0.6) is 5.75 Å². The molecule has 4 heteroatoms. The van der Waals surface area contributed by atoms with Crippen LogP contribution in [0.2, 0.25) is 0 Å². The normalized spacial score (nSPS) is 13.9. The van der Waals surface area contributed by atoms with E-state index in [2.05, 4.69) is 5.32 Å². The molecular formula is C17H19F2NO. The zero-order valence-corrected chi connectivity index (χ0v) is 12.1. The molecule has 2 atom stereocenters. The average Bonchev–Trinajstić information content (AvgIpc) is 2.48. The van der Waals surface area contributed by atoms with Crippen molar-refractivity contribution < 1.29 is 13.9 Å². The van der Waals surface area contributed by atoms with Gasteiger partial charge in [-0.15, -0.1) is 0 Å². The van der Waals surface area contributed by atoms with Crippen LogP contribution < -0.4 is 5.32 Å². The Morgan fingerprint density at radius 3 is 2.48 bits per heavy atom. The van der Waals surface area contributed by atoms with Crippen LogP contribution in [0.25, 0.3) is 0 Å². The molecule has 2 unspecified atom stereocenters. The highest BCUT2D eigenvalue weighted by molar-refractivity contribution is 5.35. The molecule has 0 saturated carbocycles. The van der Waals surface area contributed by atoms with Crippen LogP contribution in [0.1, 0.15) is 43.5 Å². The van der Waals surface area contributed by atoms with Gasteiger partial charge in [0.25, 0.3) is 0 Å². The summed E-state index contributed by atoms with van der Waals surface area (Å²) < 4.78 is 27.1. The van der Waals surface area contributed by atoms with Gasteiger partial charge >= 0.3 is 0 Å². The lowest BCUT2D eigenvalue weighted by atomic mass is 10.00. The minimum absolute atomic E-state index is 0.135. The Morgan fingerprint density at radius 1 is 1.10 bits per heavy atom. The lowest BCUT2D eigenvalue weighted by Gasteiger charge is -2.24. The van der Waals surface area contributed by atoms with Gasteiger partial charge < -0.3 is 10.4 Å². The molecule has 0 fully saturated rings. The fraction of sp³-hybridized carbons (Fsp3) is 0.294. The van der Waals surface area contributed by atoms with Crippen molar-refractivity contribution in [2.45, 2.75) is 32.4 Å². The Kier molecular flexibility index (Phi) is 4.91. The van der Waals surface area contributed by atoms with E-state index in [4.69, 9.17) is 0 Å². The Bertz CT molecular complexity index is 615. The van der Waals surface area contributed by atoms with E-state index in [0.717, 1.165) is 24.1 Å². The van der Waals surface area contributed by atoms with E-state index >= 15 is 0 Å². The number of hydrogen-bond donors (Lipinski definition) is 2. The number of rotatable bonds is 5. The van der Waals surface area contributed by atoms with Crippen LogP contribution in [0.4, 0.5) is 8.78 Å². The highest BCUT2D eigenvalue weighted by atomic mass is 19.1. The fourth-order valence-corrected chi connectivity index (χ4v) is 2.45. The largest absolute Gasteiger partial charge is 0.508 e. The third-order valence-corrected chi connectivity index (χ3v) is 3.60. The molecule has 2 N–H and O–H groups in total. The highest BCUT2D eigenvalue weighted by Crippen LogP contribution is 2.29. The molecule has 112 valence electrons. The Balaban J connectivity index is 2.22. The van der Waals surface area contributed by atoms with Gasteiger partial charge in [0.15, 0.2) is 0 Å². The number of para-hydroxylation sites is 1. The molecular weight excluding hydrogens is 272 g/mol. The number of phenols is 1. The first-order valence-electron chi connectivity index (χ1n) is 7.01. The van der Waals surface area contributed by atoms with E-state index in [0.29, 0.717) is 0 Å². The summed E-state index contributed by atoms with van der Waals surface area (Å²) >= 11 is 0. The molecule has 0 amide bonds. The summed E-state index contributed by atoms with van der Waals surface area (Å²) in [5.74, 6) is -0.706. The van der Waals surface area contributed by atoms with Gasteiger partial charge in [0, 0.05) is 23.2 Å². The summed E-state index contributed by atoms with van der Waals surface area (Å²) in [6, 6.07) is 9.96. The van der Waals surface area contributed by atoms with E-state index in [1.807, 2.05) is 19.1 Å². The van der Waals surface area contributed by atoms with Gasteiger partial charge in [0.2, 0.25) is 0 Å². The number of phenolic OH excluding ortho intramolecular Hbond substituents is 1. The molecule has 0 radical (unpaired) electrons. The summed E-state index contributed by atoms with van der Waals surface area (Å²) in [6.45, 7) is 3.75. The maximum atomic E-state index is 13.8. The van der Waals surface area contributed by atoms with Crippen molar-refractivity contribution in [3.05, 3.63) is 65.2 Å². The predicted octanol–water partition coefficient (Wildman–Crippen LogP) is 4.47. The third-order valence-electron chi connectivity index (χ3n) is 3.60. The van der Waals surface area contributed by atoms with Gasteiger partial charge in [-0.3, -0.25) is 0 Å². The smallest absolute Gasteiger partial charge is 0.128 e. The first kappa shape index (κ1) is 15.4. The Morgan fingerprint density at radius 2 is 1.81 bits per heavy atom. The van der Waals surface area contributed by atoms with Crippen molar-refractivity contribution in [2.75, 3.05) is 0 Å². The number of benzene rings is 2. The topological polar surface area (TPSA) is 32.3 Å². The number of hydrogen-bond acceptors (Lipinski definition) is 2. The molecule has 0 aliphatic heterocycles. The van der Waals surface area contributed by atoms with Gasteiger partial charge in [0.05, 0.1) is 0 Å². The van der Waals surface area contributed by atoms with Crippen LogP contribution >= 0.6 is 0 Å². The van der Waals surface area contributed by atoms with E-state index < -0.39 is 11.6 Å². The molecule has 0 heterocycles. The molecule has 0 spiro atoms. The number of aromatic hydroxyl groups is 1. The number of halogens is 2. The van der Waals surface area contributed by atoms with Crippen molar-refractivity contribution >= 4 is 0 Å². The predicted molar refractivity (Wildman–Crippen MR) is 79.0 cm³/mol. The minimum Gasteiger partial charge on any atom is -0.508 e. The monoisotopic (exact) mass is 291 g/mol. The van der Waals surface area contributed by atoms with E-state index in [1.54, 1.807) is 19.1 Å². The summed E-state index contributed by atoms with van der Waals surface area (Å²) in [7, 11) is 0. The van der Waals surface area contributed by atoms with Crippen molar-refractivity contribution in [1.82, 2.24) is 5.32 Å². The Labute approximate surface area is 123 Å². The quantitative estimate of drug-likeness (QED) is 0.851. The lowest BCUT2D eigenvalue weighted by Crippen LogP contribution is -2.25. The molecule has 21 heavy (non-hydrogen) atoms. The van der Waals surface area contributed by atoms with Gasteiger partial charge in [-0.2, -0.15) is 0 Å². The van der Waals surface area contributed by atoms with Crippen LogP contribution in [0.15, 0.2) is 42.5 Å². The number of nitrogens with one attached hydrogen (secondary N) is 1.